The Bertz CT molecular complexity index is 461. The first-order valence-electron chi connectivity index (χ1n) is 10.6. The van der Waals surface area contributed by atoms with Crippen LogP contribution >= 0.6 is 0 Å². The Kier molecular flexibility index (Phi) is 6.63. The number of hydrogen-bond acceptors (Lipinski definition) is 1. The molecular weight excluding hydrogens is 290 g/mol. The Morgan fingerprint density at radius 3 is 1.96 bits per heavy atom. The molecule has 1 aromatic rings. The zero-order chi connectivity index (χ0) is 16.8. The Morgan fingerprint density at radius 1 is 0.792 bits per heavy atom. The highest BCUT2D eigenvalue weighted by molar-refractivity contribution is 5.40. The molecule has 0 atom stereocenters. The fraction of sp³-hybridized carbons (Fsp3) is 0.739. The zero-order valence-electron chi connectivity index (χ0n) is 15.7. The number of benzene rings is 1. The maximum absolute atomic E-state index is 5.83. The SMILES string of the molecule is CCCCCC1CCC(C2CCC(c3ccc(N)cc3)CC2)CC1. The lowest BCUT2D eigenvalue weighted by Crippen LogP contribution is -2.25. The van der Waals surface area contributed by atoms with Gasteiger partial charge in [-0.15, -0.1) is 0 Å². The summed E-state index contributed by atoms with van der Waals surface area (Å²) in [7, 11) is 0. The minimum atomic E-state index is 0.784. The van der Waals surface area contributed by atoms with E-state index >= 15 is 0 Å². The summed E-state index contributed by atoms with van der Waals surface area (Å²) in [6.45, 7) is 2.32. The van der Waals surface area contributed by atoms with Gasteiger partial charge >= 0.3 is 0 Å². The van der Waals surface area contributed by atoms with E-state index in [2.05, 4.69) is 31.2 Å². The van der Waals surface area contributed by atoms with Crippen molar-refractivity contribution in [3.63, 3.8) is 0 Å². The first-order valence-corrected chi connectivity index (χ1v) is 10.6. The van der Waals surface area contributed by atoms with Gasteiger partial charge in [0.25, 0.3) is 0 Å². The molecule has 0 bridgehead atoms. The van der Waals surface area contributed by atoms with Crippen molar-refractivity contribution in [1.82, 2.24) is 0 Å². The van der Waals surface area contributed by atoms with E-state index in [4.69, 9.17) is 5.73 Å². The van der Waals surface area contributed by atoms with Crippen LogP contribution in [0, 0.1) is 17.8 Å². The number of rotatable bonds is 6. The molecule has 1 heteroatoms. The van der Waals surface area contributed by atoms with Gasteiger partial charge in [-0.1, -0.05) is 57.6 Å². The van der Waals surface area contributed by atoms with E-state index in [1.165, 1.54) is 82.6 Å². The van der Waals surface area contributed by atoms with Gasteiger partial charge in [-0.3, -0.25) is 0 Å². The summed E-state index contributed by atoms with van der Waals surface area (Å²) in [5.74, 6) is 3.90. The maximum Gasteiger partial charge on any atom is 0.0314 e. The monoisotopic (exact) mass is 327 g/mol. The van der Waals surface area contributed by atoms with Crippen molar-refractivity contribution < 1.29 is 0 Å². The summed E-state index contributed by atoms with van der Waals surface area (Å²) < 4.78 is 0. The van der Waals surface area contributed by atoms with E-state index in [1.807, 2.05) is 0 Å². The Hall–Kier alpha value is -0.980. The third kappa shape index (κ3) is 4.77. The summed E-state index contributed by atoms with van der Waals surface area (Å²) in [5, 5.41) is 0. The number of anilines is 1. The van der Waals surface area contributed by atoms with Crippen LogP contribution in [0.4, 0.5) is 5.69 Å². The van der Waals surface area contributed by atoms with Crippen LogP contribution in [0.25, 0.3) is 0 Å². The molecule has 0 amide bonds. The lowest BCUT2D eigenvalue weighted by molar-refractivity contribution is 0.155. The van der Waals surface area contributed by atoms with Crippen molar-refractivity contribution >= 4 is 5.69 Å². The van der Waals surface area contributed by atoms with Crippen LogP contribution in [0.2, 0.25) is 0 Å². The molecule has 2 fully saturated rings. The minimum absolute atomic E-state index is 0.784. The van der Waals surface area contributed by atoms with Crippen LogP contribution in [0.1, 0.15) is 95.5 Å². The number of hydrogen-bond donors (Lipinski definition) is 1. The Labute approximate surface area is 149 Å². The predicted octanol–water partition coefficient (Wildman–Crippen LogP) is 6.93. The number of nitrogen functional groups attached to an aromatic ring is 1. The van der Waals surface area contributed by atoms with Gasteiger partial charge in [-0.2, -0.15) is 0 Å². The lowest BCUT2D eigenvalue weighted by Gasteiger charge is -2.38. The van der Waals surface area contributed by atoms with Gasteiger partial charge in [0.2, 0.25) is 0 Å². The molecule has 0 saturated heterocycles. The molecule has 134 valence electrons. The summed E-state index contributed by atoms with van der Waals surface area (Å²) in [4.78, 5) is 0. The van der Waals surface area contributed by atoms with E-state index < -0.39 is 0 Å². The van der Waals surface area contributed by atoms with Crippen LogP contribution in [0.3, 0.4) is 0 Å². The second-order valence-corrected chi connectivity index (χ2v) is 8.55. The zero-order valence-corrected chi connectivity index (χ0v) is 15.7. The van der Waals surface area contributed by atoms with Crippen LogP contribution in [0.15, 0.2) is 24.3 Å². The highest BCUT2D eigenvalue weighted by Crippen LogP contribution is 2.44. The molecule has 2 N–H and O–H groups in total. The summed E-state index contributed by atoms with van der Waals surface area (Å²) in [5.41, 5.74) is 8.23. The third-order valence-corrected chi connectivity index (χ3v) is 6.95. The topological polar surface area (TPSA) is 26.0 Å². The highest BCUT2D eigenvalue weighted by atomic mass is 14.5. The second kappa shape index (κ2) is 8.92. The molecule has 2 saturated carbocycles. The molecule has 1 nitrogen and oxygen atoms in total. The van der Waals surface area contributed by atoms with Gasteiger partial charge in [0, 0.05) is 5.69 Å². The molecule has 2 aliphatic rings. The van der Waals surface area contributed by atoms with E-state index in [-0.39, 0.29) is 0 Å². The Morgan fingerprint density at radius 2 is 1.38 bits per heavy atom. The first kappa shape index (κ1) is 17.8. The molecule has 3 rings (SSSR count). The molecule has 1 aromatic carbocycles. The van der Waals surface area contributed by atoms with Crippen molar-refractivity contribution in [1.29, 1.82) is 0 Å². The van der Waals surface area contributed by atoms with Gasteiger partial charge in [-0.05, 0) is 79.9 Å². The molecule has 0 radical (unpaired) electrons. The third-order valence-electron chi connectivity index (χ3n) is 6.95. The minimum Gasteiger partial charge on any atom is -0.399 e. The van der Waals surface area contributed by atoms with Crippen LogP contribution in [-0.4, -0.2) is 0 Å². The van der Waals surface area contributed by atoms with Gasteiger partial charge in [0.15, 0.2) is 0 Å². The van der Waals surface area contributed by atoms with Crippen molar-refractivity contribution in [2.24, 2.45) is 17.8 Å². The number of nitrogens with two attached hydrogens (primary N) is 1. The van der Waals surface area contributed by atoms with E-state index in [1.54, 1.807) is 0 Å². The molecule has 0 spiro atoms. The van der Waals surface area contributed by atoms with Crippen LogP contribution in [0.5, 0.6) is 0 Å². The maximum atomic E-state index is 5.83. The fourth-order valence-electron chi connectivity index (χ4n) is 5.32. The fourth-order valence-corrected chi connectivity index (χ4v) is 5.32. The Balaban J connectivity index is 1.40. The van der Waals surface area contributed by atoms with Gasteiger partial charge in [0.05, 0.1) is 0 Å². The van der Waals surface area contributed by atoms with Gasteiger partial charge < -0.3 is 5.73 Å². The molecule has 0 heterocycles. The summed E-state index contributed by atoms with van der Waals surface area (Å²) in [6.07, 6.45) is 17.6. The smallest absolute Gasteiger partial charge is 0.0314 e. The van der Waals surface area contributed by atoms with Crippen molar-refractivity contribution in [2.75, 3.05) is 5.73 Å². The molecular formula is C23H37N. The molecule has 0 aliphatic heterocycles. The average Bonchev–Trinajstić information content (AvgIpc) is 2.63. The van der Waals surface area contributed by atoms with Gasteiger partial charge in [-0.25, -0.2) is 0 Å². The molecule has 0 aromatic heterocycles. The largest absolute Gasteiger partial charge is 0.399 e. The van der Waals surface area contributed by atoms with E-state index in [0.29, 0.717) is 0 Å². The first-order chi connectivity index (χ1) is 11.8. The normalized spacial score (nSPS) is 31.0. The van der Waals surface area contributed by atoms with Crippen molar-refractivity contribution in [2.45, 2.75) is 89.9 Å². The summed E-state index contributed by atoms with van der Waals surface area (Å²) >= 11 is 0. The second-order valence-electron chi connectivity index (χ2n) is 8.55. The van der Waals surface area contributed by atoms with E-state index in [0.717, 1.165) is 29.4 Å². The quantitative estimate of drug-likeness (QED) is 0.445. The lowest BCUT2D eigenvalue weighted by atomic mass is 9.68. The highest BCUT2D eigenvalue weighted by Gasteiger charge is 2.31. The molecule has 2 aliphatic carbocycles. The summed E-state index contributed by atoms with van der Waals surface area (Å²) in [6, 6.07) is 8.64. The average molecular weight is 328 g/mol. The van der Waals surface area contributed by atoms with Gasteiger partial charge in [0.1, 0.15) is 0 Å². The number of unbranched alkanes of at least 4 members (excludes halogenated alkanes) is 2. The van der Waals surface area contributed by atoms with Crippen molar-refractivity contribution in [3.8, 4) is 0 Å². The van der Waals surface area contributed by atoms with Crippen LogP contribution in [-0.2, 0) is 0 Å². The van der Waals surface area contributed by atoms with E-state index in [9.17, 15) is 0 Å². The van der Waals surface area contributed by atoms with Crippen molar-refractivity contribution in [3.05, 3.63) is 29.8 Å². The molecule has 24 heavy (non-hydrogen) atoms. The predicted molar refractivity (Wildman–Crippen MR) is 105 cm³/mol. The van der Waals surface area contributed by atoms with Crippen LogP contribution < -0.4 is 5.73 Å². The molecule has 0 unspecified atom stereocenters. The standard InChI is InChI=1S/C23H37N/c1-2-3-4-5-18-6-8-19(9-7-18)20-10-12-21(13-11-20)22-14-16-23(24)17-15-22/h14-21H,2-13,24H2,1H3.